The number of carbonyl (C=O) groups is 2. The number of carbonyl (C=O) groups excluding carboxylic acids is 1. The Morgan fingerprint density at radius 1 is 1.12 bits per heavy atom. The summed E-state index contributed by atoms with van der Waals surface area (Å²) in [6.07, 6.45) is 0.862. The van der Waals surface area contributed by atoms with E-state index in [1.807, 2.05) is 44.4 Å². The van der Waals surface area contributed by atoms with Crippen molar-refractivity contribution in [2.75, 3.05) is 27.2 Å². The highest BCUT2D eigenvalue weighted by Crippen LogP contribution is 2.14. The van der Waals surface area contributed by atoms with E-state index in [4.69, 9.17) is 10.5 Å². The molecule has 9 heteroatoms. The Morgan fingerprint density at radius 3 is 2.41 bits per heavy atom. The Hall–Kier alpha value is -3.72. The maximum absolute atomic E-state index is 12.3. The second-order valence-corrected chi connectivity index (χ2v) is 7.20. The van der Waals surface area contributed by atoms with Crippen LogP contribution in [0.5, 0.6) is 5.88 Å². The Morgan fingerprint density at radius 2 is 1.84 bits per heavy atom. The molecule has 1 amide bonds. The van der Waals surface area contributed by atoms with Gasteiger partial charge in [-0.25, -0.2) is 13.9 Å². The zero-order valence-electron chi connectivity index (χ0n) is 18.1. The number of aromatic nitrogens is 2. The van der Waals surface area contributed by atoms with Gasteiger partial charge in [0.15, 0.2) is 5.69 Å². The minimum Gasteiger partial charge on any atom is -0.477 e. The summed E-state index contributed by atoms with van der Waals surface area (Å²) < 4.78 is 19.3. The molecule has 0 spiro atoms. The number of aromatic carboxylic acids is 1. The van der Waals surface area contributed by atoms with Crippen molar-refractivity contribution in [1.82, 2.24) is 14.7 Å². The smallest absolute Gasteiger partial charge is 0.354 e. The summed E-state index contributed by atoms with van der Waals surface area (Å²) in [5, 5.41) is 13.5. The van der Waals surface area contributed by atoms with Crippen molar-refractivity contribution in [3.8, 4) is 5.88 Å². The SMILES string of the molecule is CN(C)CCCOc1cc(C(=O)O)n(Cc2ccccc2)n1.NC(=O)c1cccc(F)c1. The largest absolute Gasteiger partial charge is 0.477 e. The first-order valence-electron chi connectivity index (χ1n) is 9.94. The highest BCUT2D eigenvalue weighted by Gasteiger charge is 2.15. The molecule has 0 fully saturated rings. The molecule has 0 atom stereocenters. The number of benzene rings is 2. The number of hydrogen-bond acceptors (Lipinski definition) is 5. The van der Waals surface area contributed by atoms with Gasteiger partial charge in [-0.1, -0.05) is 36.4 Å². The summed E-state index contributed by atoms with van der Waals surface area (Å²) in [5.74, 6) is -1.71. The molecule has 3 aromatic rings. The van der Waals surface area contributed by atoms with Gasteiger partial charge in [-0.3, -0.25) is 4.79 Å². The number of ether oxygens (including phenoxy) is 1. The fourth-order valence-electron chi connectivity index (χ4n) is 2.71. The zero-order valence-corrected chi connectivity index (χ0v) is 18.1. The number of nitrogens with two attached hydrogens (primary N) is 1. The molecule has 0 saturated heterocycles. The lowest BCUT2D eigenvalue weighted by Gasteiger charge is -2.08. The topological polar surface area (TPSA) is 111 Å². The molecular formula is C23H27FN4O4. The molecule has 170 valence electrons. The number of carboxylic acid groups (broad SMARTS) is 1. The third-order valence-electron chi connectivity index (χ3n) is 4.26. The van der Waals surface area contributed by atoms with Crippen molar-refractivity contribution < 1.29 is 23.8 Å². The maximum atomic E-state index is 12.3. The van der Waals surface area contributed by atoms with Crippen molar-refractivity contribution >= 4 is 11.9 Å². The van der Waals surface area contributed by atoms with E-state index >= 15 is 0 Å². The number of rotatable bonds is 9. The molecule has 0 bridgehead atoms. The number of primary amides is 1. The van der Waals surface area contributed by atoms with Crippen LogP contribution < -0.4 is 10.5 Å². The van der Waals surface area contributed by atoms with Crippen molar-refractivity contribution in [2.24, 2.45) is 5.73 Å². The van der Waals surface area contributed by atoms with Crippen molar-refractivity contribution in [3.05, 3.63) is 83.3 Å². The maximum Gasteiger partial charge on any atom is 0.354 e. The van der Waals surface area contributed by atoms with Crippen LogP contribution in [0.3, 0.4) is 0 Å². The average molecular weight is 442 g/mol. The van der Waals surface area contributed by atoms with Gasteiger partial charge in [0.05, 0.1) is 13.2 Å². The standard InChI is InChI=1S/C16H21N3O3.C7H6FNO/c1-18(2)9-6-10-22-15-11-14(16(20)21)19(17-15)12-13-7-4-3-5-8-13;8-6-3-1-2-5(4-6)7(9)10/h3-5,7-8,11H,6,9-10,12H2,1-2H3,(H,20,21);1-4H,(H2,9,10). The van der Waals surface area contributed by atoms with E-state index in [1.165, 1.54) is 28.9 Å². The Kier molecular flexibility index (Phi) is 9.37. The fourth-order valence-corrected chi connectivity index (χ4v) is 2.71. The van der Waals surface area contributed by atoms with Gasteiger partial charge in [0.1, 0.15) is 5.82 Å². The van der Waals surface area contributed by atoms with Crippen LogP contribution in [0.15, 0.2) is 60.7 Å². The summed E-state index contributed by atoms with van der Waals surface area (Å²) in [7, 11) is 3.99. The first-order chi connectivity index (χ1) is 15.3. The van der Waals surface area contributed by atoms with Gasteiger partial charge in [0.2, 0.25) is 11.8 Å². The number of nitrogens with zero attached hydrogens (tertiary/aromatic N) is 3. The first kappa shape index (κ1) is 24.5. The Balaban J connectivity index is 0.000000303. The molecule has 0 radical (unpaired) electrons. The van der Waals surface area contributed by atoms with Gasteiger partial charge >= 0.3 is 5.97 Å². The monoisotopic (exact) mass is 442 g/mol. The molecule has 2 aromatic carbocycles. The van der Waals surface area contributed by atoms with Crippen molar-refractivity contribution in [1.29, 1.82) is 0 Å². The quantitative estimate of drug-likeness (QED) is 0.493. The molecule has 0 aliphatic carbocycles. The predicted molar refractivity (Wildman–Crippen MR) is 118 cm³/mol. The van der Waals surface area contributed by atoms with Gasteiger partial charge in [-0.15, -0.1) is 5.10 Å². The number of halogens is 1. The van der Waals surface area contributed by atoms with E-state index in [2.05, 4.69) is 10.00 Å². The van der Waals surface area contributed by atoms with Crippen molar-refractivity contribution in [3.63, 3.8) is 0 Å². The molecule has 8 nitrogen and oxygen atoms in total. The zero-order chi connectivity index (χ0) is 23.5. The predicted octanol–water partition coefficient (Wildman–Crippen LogP) is 2.88. The number of amides is 1. The van der Waals surface area contributed by atoms with E-state index in [0.29, 0.717) is 19.0 Å². The highest BCUT2D eigenvalue weighted by molar-refractivity contribution is 5.92. The number of hydrogen-bond donors (Lipinski definition) is 2. The summed E-state index contributed by atoms with van der Waals surface area (Å²) in [4.78, 5) is 23.8. The van der Waals surface area contributed by atoms with Crippen LogP contribution in [0.2, 0.25) is 0 Å². The van der Waals surface area contributed by atoms with Gasteiger partial charge in [-0.2, -0.15) is 0 Å². The van der Waals surface area contributed by atoms with E-state index < -0.39 is 17.7 Å². The van der Waals surface area contributed by atoms with Crippen LogP contribution in [0.25, 0.3) is 0 Å². The summed E-state index contributed by atoms with van der Waals surface area (Å²) in [5.41, 5.74) is 6.20. The molecule has 0 aliphatic rings. The van der Waals surface area contributed by atoms with E-state index in [-0.39, 0.29) is 11.3 Å². The van der Waals surface area contributed by atoms with Crippen LogP contribution in [0, 0.1) is 5.82 Å². The molecular weight excluding hydrogens is 415 g/mol. The fraction of sp³-hybridized carbons (Fsp3) is 0.261. The summed E-state index contributed by atoms with van der Waals surface area (Å²) in [6.45, 7) is 1.83. The normalized spacial score (nSPS) is 10.4. The first-order valence-corrected chi connectivity index (χ1v) is 9.94. The summed E-state index contributed by atoms with van der Waals surface area (Å²) >= 11 is 0. The third kappa shape index (κ3) is 8.19. The summed E-state index contributed by atoms with van der Waals surface area (Å²) in [6, 6.07) is 16.4. The van der Waals surface area contributed by atoms with Crippen LogP contribution in [0.1, 0.15) is 32.8 Å². The Labute approximate surface area is 186 Å². The lowest BCUT2D eigenvalue weighted by Crippen LogP contribution is -2.15. The molecule has 0 unspecified atom stereocenters. The van der Waals surface area contributed by atoms with Crippen LogP contribution >= 0.6 is 0 Å². The van der Waals surface area contributed by atoms with Crippen LogP contribution in [-0.4, -0.2) is 58.9 Å². The Bertz CT molecular complexity index is 1020. The molecule has 0 aliphatic heterocycles. The average Bonchev–Trinajstić information content (AvgIpc) is 3.15. The number of carboxylic acids is 1. The van der Waals surface area contributed by atoms with E-state index in [0.717, 1.165) is 24.6 Å². The van der Waals surface area contributed by atoms with Gasteiger partial charge in [0.25, 0.3) is 0 Å². The van der Waals surface area contributed by atoms with Crippen LogP contribution in [0.4, 0.5) is 4.39 Å². The minimum absolute atomic E-state index is 0.131. The van der Waals surface area contributed by atoms with E-state index in [9.17, 15) is 19.1 Å². The second-order valence-electron chi connectivity index (χ2n) is 7.20. The van der Waals surface area contributed by atoms with E-state index in [1.54, 1.807) is 0 Å². The molecule has 0 saturated carbocycles. The highest BCUT2D eigenvalue weighted by atomic mass is 19.1. The molecule has 1 aromatic heterocycles. The second kappa shape index (κ2) is 12.2. The van der Waals surface area contributed by atoms with Gasteiger partial charge < -0.3 is 20.5 Å². The molecule has 32 heavy (non-hydrogen) atoms. The lowest BCUT2D eigenvalue weighted by molar-refractivity contribution is 0.0683. The molecule has 3 N–H and O–H groups in total. The lowest BCUT2D eigenvalue weighted by atomic mass is 10.2. The molecule has 3 rings (SSSR count). The van der Waals surface area contributed by atoms with Crippen LogP contribution in [-0.2, 0) is 6.54 Å². The van der Waals surface area contributed by atoms with Gasteiger partial charge in [0, 0.05) is 18.2 Å². The van der Waals surface area contributed by atoms with Crippen molar-refractivity contribution in [2.45, 2.75) is 13.0 Å². The third-order valence-corrected chi connectivity index (χ3v) is 4.26. The minimum atomic E-state index is -1.01. The van der Waals surface area contributed by atoms with Gasteiger partial charge in [-0.05, 0) is 44.3 Å². The molecule has 1 heterocycles.